The van der Waals surface area contributed by atoms with Crippen molar-refractivity contribution in [2.45, 2.75) is 32.9 Å². The number of hydrogen-bond donors (Lipinski definition) is 2. The van der Waals surface area contributed by atoms with Gasteiger partial charge in [0.15, 0.2) is 0 Å². The van der Waals surface area contributed by atoms with Crippen molar-refractivity contribution in [2.75, 3.05) is 10.6 Å². The van der Waals surface area contributed by atoms with Crippen LogP contribution in [0.15, 0.2) is 36.5 Å². The minimum atomic E-state index is -0.0260. The van der Waals surface area contributed by atoms with Crippen LogP contribution in [0, 0.1) is 0 Å². The topological polar surface area (TPSA) is 49.8 Å². The lowest BCUT2D eigenvalue weighted by molar-refractivity contribution is 0.630. The summed E-state index contributed by atoms with van der Waals surface area (Å²) >= 11 is 5.86. The van der Waals surface area contributed by atoms with Crippen LogP contribution in [0.25, 0.3) is 0 Å². The van der Waals surface area contributed by atoms with Crippen molar-refractivity contribution < 1.29 is 0 Å². The first-order valence-electron chi connectivity index (χ1n) is 6.52. The van der Waals surface area contributed by atoms with Crippen LogP contribution in [0.2, 0.25) is 5.02 Å². The molecule has 2 rings (SSSR count). The van der Waals surface area contributed by atoms with Crippen molar-refractivity contribution in [1.82, 2.24) is 9.97 Å². The molecule has 0 aliphatic heterocycles. The second-order valence-electron chi connectivity index (χ2n) is 5.62. The number of nitrogens with one attached hydrogen (secondary N) is 2. The lowest BCUT2D eigenvalue weighted by Crippen LogP contribution is -2.26. The summed E-state index contributed by atoms with van der Waals surface area (Å²) in [5, 5.41) is 7.26. The molecule has 1 aromatic heterocycles. The summed E-state index contributed by atoms with van der Waals surface area (Å²) < 4.78 is 0. The summed E-state index contributed by atoms with van der Waals surface area (Å²) in [4.78, 5) is 8.65. The van der Waals surface area contributed by atoms with E-state index in [1.54, 1.807) is 6.20 Å². The zero-order chi connectivity index (χ0) is 14.6. The van der Waals surface area contributed by atoms with Crippen LogP contribution < -0.4 is 10.6 Å². The molecule has 0 fully saturated rings. The Balaban J connectivity index is 1.99. The monoisotopic (exact) mass is 290 g/mol. The first-order valence-corrected chi connectivity index (χ1v) is 6.90. The molecule has 0 atom stereocenters. The number of anilines is 2. The fourth-order valence-corrected chi connectivity index (χ4v) is 1.81. The van der Waals surface area contributed by atoms with E-state index in [0.29, 0.717) is 12.5 Å². The van der Waals surface area contributed by atoms with Crippen molar-refractivity contribution >= 4 is 23.4 Å². The highest BCUT2D eigenvalue weighted by Gasteiger charge is 2.10. The smallest absolute Gasteiger partial charge is 0.224 e. The van der Waals surface area contributed by atoms with Gasteiger partial charge in [-0.25, -0.2) is 4.98 Å². The molecule has 0 aliphatic rings. The highest BCUT2D eigenvalue weighted by atomic mass is 35.5. The summed E-state index contributed by atoms with van der Waals surface area (Å²) in [5.41, 5.74) is 1.11. The van der Waals surface area contributed by atoms with Gasteiger partial charge in [-0.1, -0.05) is 23.7 Å². The van der Waals surface area contributed by atoms with Gasteiger partial charge in [-0.2, -0.15) is 4.98 Å². The SMILES string of the molecule is CC(C)(C)Nc1ccnc(NCc2ccc(Cl)cc2)n1. The molecule has 0 amide bonds. The van der Waals surface area contributed by atoms with E-state index >= 15 is 0 Å². The van der Waals surface area contributed by atoms with Crippen molar-refractivity contribution in [2.24, 2.45) is 0 Å². The second kappa shape index (κ2) is 6.09. The summed E-state index contributed by atoms with van der Waals surface area (Å²) in [7, 11) is 0. The molecule has 0 aliphatic carbocycles. The molecule has 1 aromatic carbocycles. The highest BCUT2D eigenvalue weighted by Crippen LogP contribution is 2.14. The molecular formula is C15H19ClN4. The van der Waals surface area contributed by atoms with Crippen LogP contribution in [-0.2, 0) is 6.54 Å². The second-order valence-corrected chi connectivity index (χ2v) is 6.06. The first kappa shape index (κ1) is 14.6. The zero-order valence-electron chi connectivity index (χ0n) is 11.9. The molecule has 0 saturated heterocycles. The molecule has 0 radical (unpaired) electrons. The normalized spacial score (nSPS) is 11.2. The van der Waals surface area contributed by atoms with Crippen molar-refractivity contribution in [3.8, 4) is 0 Å². The van der Waals surface area contributed by atoms with E-state index in [4.69, 9.17) is 11.6 Å². The standard InChI is InChI=1S/C15H19ClN4/c1-15(2,3)20-13-8-9-17-14(19-13)18-10-11-4-6-12(16)7-5-11/h4-9H,10H2,1-3H3,(H2,17,18,19,20). The number of nitrogens with zero attached hydrogens (tertiary/aromatic N) is 2. The van der Waals surface area contributed by atoms with E-state index in [1.165, 1.54) is 0 Å². The Morgan fingerprint density at radius 1 is 1.10 bits per heavy atom. The largest absolute Gasteiger partial charge is 0.365 e. The predicted molar refractivity (Wildman–Crippen MR) is 84.2 cm³/mol. The maximum Gasteiger partial charge on any atom is 0.224 e. The van der Waals surface area contributed by atoms with E-state index < -0.39 is 0 Å². The van der Waals surface area contributed by atoms with Gasteiger partial charge >= 0.3 is 0 Å². The molecular weight excluding hydrogens is 272 g/mol. The van der Waals surface area contributed by atoms with Crippen LogP contribution in [-0.4, -0.2) is 15.5 Å². The van der Waals surface area contributed by atoms with E-state index in [1.807, 2.05) is 30.3 Å². The molecule has 4 nitrogen and oxygen atoms in total. The molecule has 0 unspecified atom stereocenters. The maximum absolute atomic E-state index is 5.86. The van der Waals surface area contributed by atoms with Crippen molar-refractivity contribution in [3.63, 3.8) is 0 Å². The van der Waals surface area contributed by atoms with Gasteiger partial charge in [-0.3, -0.25) is 0 Å². The molecule has 0 spiro atoms. The lowest BCUT2D eigenvalue weighted by Gasteiger charge is -2.21. The molecule has 1 heterocycles. The Hall–Kier alpha value is -1.81. The van der Waals surface area contributed by atoms with Crippen LogP contribution in [0.4, 0.5) is 11.8 Å². The number of aromatic nitrogens is 2. The van der Waals surface area contributed by atoms with Gasteiger partial charge in [0.2, 0.25) is 5.95 Å². The van der Waals surface area contributed by atoms with Gasteiger partial charge in [0, 0.05) is 23.3 Å². The average Bonchev–Trinajstić information content (AvgIpc) is 2.36. The van der Waals surface area contributed by atoms with E-state index in [0.717, 1.165) is 16.4 Å². The molecule has 106 valence electrons. The maximum atomic E-state index is 5.86. The number of hydrogen-bond acceptors (Lipinski definition) is 4. The Kier molecular flexibility index (Phi) is 4.45. The Labute approximate surface area is 124 Å². The number of rotatable bonds is 4. The van der Waals surface area contributed by atoms with Crippen LogP contribution >= 0.6 is 11.6 Å². The quantitative estimate of drug-likeness (QED) is 0.895. The van der Waals surface area contributed by atoms with E-state index in [2.05, 4.69) is 41.4 Å². The third kappa shape index (κ3) is 4.70. The van der Waals surface area contributed by atoms with Gasteiger partial charge in [0.1, 0.15) is 5.82 Å². The van der Waals surface area contributed by atoms with Crippen LogP contribution in [0.1, 0.15) is 26.3 Å². The fourth-order valence-electron chi connectivity index (χ4n) is 1.68. The van der Waals surface area contributed by atoms with E-state index in [9.17, 15) is 0 Å². The third-order valence-corrected chi connectivity index (χ3v) is 2.77. The van der Waals surface area contributed by atoms with Crippen LogP contribution in [0.3, 0.4) is 0 Å². The Morgan fingerprint density at radius 3 is 2.45 bits per heavy atom. The molecule has 20 heavy (non-hydrogen) atoms. The van der Waals surface area contributed by atoms with Crippen molar-refractivity contribution in [3.05, 3.63) is 47.1 Å². The Bertz CT molecular complexity index is 561. The van der Waals surface area contributed by atoms with Gasteiger partial charge in [0.05, 0.1) is 0 Å². The van der Waals surface area contributed by atoms with Crippen LogP contribution in [0.5, 0.6) is 0 Å². The summed E-state index contributed by atoms with van der Waals surface area (Å²) in [5.74, 6) is 1.42. The summed E-state index contributed by atoms with van der Waals surface area (Å²) in [6, 6.07) is 9.56. The molecule has 2 N–H and O–H groups in total. The molecule has 0 saturated carbocycles. The third-order valence-electron chi connectivity index (χ3n) is 2.52. The first-order chi connectivity index (χ1) is 9.42. The average molecular weight is 291 g/mol. The minimum Gasteiger partial charge on any atom is -0.365 e. The van der Waals surface area contributed by atoms with Gasteiger partial charge < -0.3 is 10.6 Å². The predicted octanol–water partition coefficient (Wildman–Crippen LogP) is 3.95. The van der Waals surface area contributed by atoms with Crippen molar-refractivity contribution in [1.29, 1.82) is 0 Å². The lowest BCUT2D eigenvalue weighted by atomic mass is 10.1. The van der Waals surface area contributed by atoms with E-state index in [-0.39, 0.29) is 5.54 Å². The van der Waals surface area contributed by atoms with Gasteiger partial charge in [-0.05, 0) is 44.5 Å². The van der Waals surface area contributed by atoms with Gasteiger partial charge in [-0.15, -0.1) is 0 Å². The van der Waals surface area contributed by atoms with Gasteiger partial charge in [0.25, 0.3) is 0 Å². The Morgan fingerprint density at radius 2 is 1.80 bits per heavy atom. The number of benzene rings is 1. The fraction of sp³-hybridized carbons (Fsp3) is 0.333. The molecule has 0 bridgehead atoms. The minimum absolute atomic E-state index is 0.0260. The zero-order valence-corrected chi connectivity index (χ0v) is 12.7. The summed E-state index contributed by atoms with van der Waals surface area (Å²) in [6.07, 6.45) is 1.74. The number of halogens is 1. The summed E-state index contributed by atoms with van der Waals surface area (Å²) in [6.45, 7) is 6.94. The highest BCUT2D eigenvalue weighted by molar-refractivity contribution is 6.30. The molecule has 5 heteroatoms. The molecule has 2 aromatic rings.